The van der Waals surface area contributed by atoms with E-state index in [0.717, 1.165) is 25.5 Å². The molecule has 0 saturated heterocycles. The third-order valence-corrected chi connectivity index (χ3v) is 5.93. The van der Waals surface area contributed by atoms with Gasteiger partial charge < -0.3 is 10.6 Å². The molecule has 2 N–H and O–H groups in total. The van der Waals surface area contributed by atoms with E-state index in [-0.39, 0.29) is 5.75 Å². The lowest BCUT2D eigenvalue weighted by molar-refractivity contribution is 0.465. The number of benzene rings is 1. The fourth-order valence-electron chi connectivity index (χ4n) is 2.72. The van der Waals surface area contributed by atoms with Gasteiger partial charge in [-0.1, -0.05) is 29.3 Å². The zero-order valence-electron chi connectivity index (χ0n) is 16.8. The number of nitrogens with zero attached hydrogens (tertiary/aromatic N) is 2. The van der Waals surface area contributed by atoms with Gasteiger partial charge in [0.05, 0.1) is 5.75 Å². The SMILES string of the molecule is CCNC(=NCCCN(C)S(=O)(=O)CC)NCCc1cc(C)cc(C)c1. The lowest BCUT2D eigenvalue weighted by atomic mass is 10.1. The van der Waals surface area contributed by atoms with E-state index in [0.29, 0.717) is 19.5 Å². The van der Waals surface area contributed by atoms with Crippen LogP contribution in [0.25, 0.3) is 0 Å². The lowest BCUT2D eigenvalue weighted by Gasteiger charge is -2.15. The van der Waals surface area contributed by atoms with Crippen LogP contribution in [0.1, 0.15) is 37.0 Å². The molecule has 0 amide bonds. The van der Waals surface area contributed by atoms with Crippen molar-refractivity contribution in [1.29, 1.82) is 0 Å². The van der Waals surface area contributed by atoms with Crippen LogP contribution in [-0.4, -0.2) is 57.7 Å². The van der Waals surface area contributed by atoms with Gasteiger partial charge in [0.15, 0.2) is 5.96 Å². The Morgan fingerprint density at radius 2 is 1.77 bits per heavy atom. The smallest absolute Gasteiger partial charge is 0.213 e. The molecule has 0 aliphatic heterocycles. The topological polar surface area (TPSA) is 73.8 Å². The Morgan fingerprint density at radius 1 is 1.12 bits per heavy atom. The van der Waals surface area contributed by atoms with Crippen LogP contribution < -0.4 is 10.6 Å². The van der Waals surface area contributed by atoms with Crippen LogP contribution in [0, 0.1) is 13.8 Å². The van der Waals surface area contributed by atoms with Crippen molar-refractivity contribution in [2.45, 2.75) is 40.5 Å². The van der Waals surface area contributed by atoms with E-state index in [1.54, 1.807) is 14.0 Å². The first kappa shape index (κ1) is 22.4. The highest BCUT2D eigenvalue weighted by Crippen LogP contribution is 2.09. The van der Waals surface area contributed by atoms with E-state index in [9.17, 15) is 8.42 Å². The third-order valence-electron chi connectivity index (χ3n) is 4.07. The lowest BCUT2D eigenvalue weighted by Crippen LogP contribution is -2.38. The number of hydrogen-bond donors (Lipinski definition) is 2. The van der Waals surface area contributed by atoms with Crippen molar-refractivity contribution in [2.24, 2.45) is 4.99 Å². The zero-order valence-corrected chi connectivity index (χ0v) is 17.6. The molecular weight excluding hydrogens is 348 g/mol. The Labute approximate surface area is 159 Å². The van der Waals surface area contributed by atoms with E-state index < -0.39 is 10.0 Å². The molecule has 1 rings (SSSR count). The summed E-state index contributed by atoms with van der Waals surface area (Å²) in [7, 11) is -1.49. The number of aryl methyl sites for hydroxylation is 2. The minimum absolute atomic E-state index is 0.134. The van der Waals surface area contributed by atoms with Crippen molar-refractivity contribution in [2.75, 3.05) is 39.0 Å². The van der Waals surface area contributed by atoms with Crippen molar-refractivity contribution < 1.29 is 8.42 Å². The van der Waals surface area contributed by atoms with Crippen molar-refractivity contribution in [3.05, 3.63) is 34.9 Å². The molecule has 0 atom stereocenters. The molecule has 0 radical (unpaired) electrons. The number of guanidine groups is 1. The number of nitrogens with one attached hydrogen (secondary N) is 2. The molecule has 0 bridgehead atoms. The van der Waals surface area contributed by atoms with Crippen LogP contribution in [-0.2, 0) is 16.4 Å². The Bertz CT molecular complexity index is 667. The van der Waals surface area contributed by atoms with Gasteiger partial charge in [-0.25, -0.2) is 12.7 Å². The molecule has 0 saturated carbocycles. The van der Waals surface area contributed by atoms with Crippen LogP contribution >= 0.6 is 0 Å². The molecule has 0 aliphatic carbocycles. The highest BCUT2D eigenvalue weighted by molar-refractivity contribution is 7.89. The second-order valence-electron chi connectivity index (χ2n) is 6.51. The van der Waals surface area contributed by atoms with E-state index in [1.807, 2.05) is 6.92 Å². The Kier molecular flexibility index (Phi) is 9.65. The van der Waals surface area contributed by atoms with Crippen LogP contribution in [0.4, 0.5) is 0 Å². The summed E-state index contributed by atoms with van der Waals surface area (Å²) in [4.78, 5) is 4.53. The molecule has 0 aliphatic rings. The minimum atomic E-state index is -3.11. The minimum Gasteiger partial charge on any atom is -0.357 e. The van der Waals surface area contributed by atoms with E-state index in [2.05, 4.69) is 47.7 Å². The normalized spacial score (nSPS) is 12.5. The number of hydrogen-bond acceptors (Lipinski definition) is 3. The Balaban J connectivity index is 2.45. The second-order valence-corrected chi connectivity index (χ2v) is 8.87. The standard InChI is InChI=1S/C19H34N4O2S/c1-6-20-19(21-10-8-12-23(5)26(24,25)7-2)22-11-9-18-14-16(3)13-17(4)15-18/h13-15H,6-12H2,1-5H3,(H2,20,21,22). The first-order valence-corrected chi connectivity index (χ1v) is 10.9. The van der Waals surface area contributed by atoms with Crippen LogP contribution in [0.2, 0.25) is 0 Å². The summed E-state index contributed by atoms with van der Waals surface area (Å²) >= 11 is 0. The predicted molar refractivity (Wildman–Crippen MR) is 110 cm³/mol. The van der Waals surface area contributed by atoms with Gasteiger partial charge in [0, 0.05) is 33.2 Å². The molecule has 0 spiro atoms. The van der Waals surface area contributed by atoms with Crippen molar-refractivity contribution >= 4 is 16.0 Å². The van der Waals surface area contributed by atoms with E-state index in [4.69, 9.17) is 0 Å². The molecule has 0 unspecified atom stereocenters. The average Bonchev–Trinajstić information content (AvgIpc) is 2.57. The van der Waals surface area contributed by atoms with Gasteiger partial charge in [-0.15, -0.1) is 0 Å². The van der Waals surface area contributed by atoms with Gasteiger partial charge >= 0.3 is 0 Å². The molecule has 0 heterocycles. The molecule has 1 aromatic carbocycles. The molecule has 26 heavy (non-hydrogen) atoms. The summed E-state index contributed by atoms with van der Waals surface area (Å²) in [6.07, 6.45) is 1.63. The first-order valence-electron chi connectivity index (χ1n) is 9.31. The fourth-order valence-corrected chi connectivity index (χ4v) is 3.57. The van der Waals surface area contributed by atoms with Gasteiger partial charge in [-0.2, -0.15) is 0 Å². The Morgan fingerprint density at radius 3 is 2.35 bits per heavy atom. The molecular formula is C19H34N4O2S. The molecule has 1 aromatic rings. The van der Waals surface area contributed by atoms with Gasteiger partial charge in [0.25, 0.3) is 0 Å². The molecule has 148 valence electrons. The summed E-state index contributed by atoms with van der Waals surface area (Å²) in [6.45, 7) is 10.6. The van der Waals surface area contributed by atoms with Crippen LogP contribution in [0.3, 0.4) is 0 Å². The van der Waals surface area contributed by atoms with Crippen molar-refractivity contribution in [3.8, 4) is 0 Å². The summed E-state index contributed by atoms with van der Waals surface area (Å²) in [6, 6.07) is 6.60. The van der Waals surface area contributed by atoms with Gasteiger partial charge in [-0.05, 0) is 46.1 Å². The first-order chi connectivity index (χ1) is 12.3. The summed E-state index contributed by atoms with van der Waals surface area (Å²) in [5.74, 6) is 0.910. The third kappa shape index (κ3) is 8.19. The number of sulfonamides is 1. The molecule has 0 fully saturated rings. The summed E-state index contributed by atoms with van der Waals surface area (Å²) in [5, 5.41) is 6.57. The van der Waals surface area contributed by atoms with Crippen molar-refractivity contribution in [1.82, 2.24) is 14.9 Å². The molecule has 6 nitrogen and oxygen atoms in total. The van der Waals surface area contributed by atoms with E-state index >= 15 is 0 Å². The average molecular weight is 383 g/mol. The fraction of sp³-hybridized carbons (Fsp3) is 0.632. The van der Waals surface area contributed by atoms with Crippen LogP contribution in [0.5, 0.6) is 0 Å². The summed E-state index contributed by atoms with van der Waals surface area (Å²) < 4.78 is 24.8. The quantitative estimate of drug-likeness (QED) is 0.369. The van der Waals surface area contributed by atoms with Gasteiger partial charge in [0.2, 0.25) is 10.0 Å². The maximum Gasteiger partial charge on any atom is 0.213 e. The largest absolute Gasteiger partial charge is 0.357 e. The highest BCUT2D eigenvalue weighted by Gasteiger charge is 2.13. The molecule has 7 heteroatoms. The maximum atomic E-state index is 11.7. The predicted octanol–water partition coefficient (Wildman–Crippen LogP) is 2.07. The highest BCUT2D eigenvalue weighted by atomic mass is 32.2. The molecule has 0 aromatic heterocycles. The monoisotopic (exact) mass is 382 g/mol. The van der Waals surface area contributed by atoms with Crippen LogP contribution in [0.15, 0.2) is 23.2 Å². The van der Waals surface area contributed by atoms with Gasteiger partial charge in [-0.3, -0.25) is 4.99 Å². The number of rotatable bonds is 10. The van der Waals surface area contributed by atoms with E-state index in [1.165, 1.54) is 21.0 Å². The Hall–Kier alpha value is -1.60. The van der Waals surface area contributed by atoms with Crippen molar-refractivity contribution in [3.63, 3.8) is 0 Å². The number of aliphatic imine (C=N–C) groups is 1. The van der Waals surface area contributed by atoms with Gasteiger partial charge in [0.1, 0.15) is 0 Å². The summed E-state index contributed by atoms with van der Waals surface area (Å²) in [5.41, 5.74) is 3.88. The maximum absolute atomic E-state index is 11.7. The second kappa shape index (κ2) is 11.2. The zero-order chi connectivity index (χ0) is 19.6.